The normalized spacial score (nSPS) is 25.0. The molecule has 1 N–H and O–H groups in total. The van der Waals surface area contributed by atoms with E-state index in [9.17, 15) is 19.5 Å². The van der Waals surface area contributed by atoms with Crippen LogP contribution in [-0.4, -0.2) is 39.9 Å². The number of rotatable bonds is 4. The molecule has 4 rings (SSSR count). The second kappa shape index (κ2) is 8.75. The molecule has 148 valence electrons. The largest absolute Gasteiger partial charge is 1.00 e. The predicted octanol–water partition coefficient (Wildman–Crippen LogP) is -1.31. The Labute approximate surface area is 204 Å². The quantitative estimate of drug-likeness (QED) is 0.421. The zero-order chi connectivity index (χ0) is 20.1. The van der Waals surface area contributed by atoms with Gasteiger partial charge in [0.05, 0.1) is 17.1 Å². The molecular weight excluding hydrogens is 467 g/mol. The number of nitrogens with one attached hydrogen (secondary N) is 1. The molecule has 2 amide bonds. The van der Waals surface area contributed by atoms with Crippen molar-refractivity contribution in [1.82, 2.24) is 10.2 Å². The minimum Gasteiger partial charge on any atom is -0.543 e. The van der Waals surface area contributed by atoms with Gasteiger partial charge in [0.1, 0.15) is 11.4 Å². The van der Waals surface area contributed by atoms with E-state index in [1.165, 1.54) is 16.7 Å². The number of thioether (sulfide) groups is 1. The van der Waals surface area contributed by atoms with Crippen LogP contribution in [0.3, 0.4) is 0 Å². The third-order valence-corrected chi connectivity index (χ3v) is 7.83. The summed E-state index contributed by atoms with van der Waals surface area (Å²) in [6, 6.07) is 7.06. The van der Waals surface area contributed by atoms with Gasteiger partial charge in [-0.15, -0.1) is 11.8 Å². The summed E-state index contributed by atoms with van der Waals surface area (Å²) >= 11 is 4.95. The number of hydrogen-bond donors (Lipinski definition) is 1. The van der Waals surface area contributed by atoms with Crippen LogP contribution in [0.1, 0.15) is 38.2 Å². The molecule has 1 aromatic rings. The molecule has 9 heteroatoms. The summed E-state index contributed by atoms with van der Waals surface area (Å²) in [7, 11) is 0. The summed E-state index contributed by atoms with van der Waals surface area (Å²) in [5, 5.41) is 14.0. The average molecular weight is 487 g/mol. The Hall–Kier alpha value is -0.800. The van der Waals surface area contributed by atoms with Crippen LogP contribution in [0.2, 0.25) is 0 Å². The van der Waals surface area contributed by atoms with E-state index in [0.29, 0.717) is 11.3 Å². The fraction of sp³-hybridized carbons (Fsp3) is 0.450. The number of hydrogen-bond acceptors (Lipinski definition) is 5. The van der Waals surface area contributed by atoms with Gasteiger partial charge in [0.15, 0.2) is 0 Å². The molecule has 0 unspecified atom stereocenters. The van der Waals surface area contributed by atoms with Crippen molar-refractivity contribution < 1.29 is 49.0 Å². The minimum atomic E-state index is -1.35. The Bertz CT molecular complexity index is 900. The molecule has 6 nitrogen and oxygen atoms in total. The summed E-state index contributed by atoms with van der Waals surface area (Å²) in [6.45, 7) is 1.69. The second-order valence-electron chi connectivity index (χ2n) is 7.58. The predicted molar refractivity (Wildman–Crippen MR) is 107 cm³/mol. The van der Waals surface area contributed by atoms with Crippen LogP contribution in [0.4, 0.5) is 0 Å². The number of benzene rings is 1. The van der Waals surface area contributed by atoms with Crippen molar-refractivity contribution in [3.63, 3.8) is 0 Å². The molecule has 1 aromatic carbocycles. The zero-order valence-corrected chi connectivity index (χ0v) is 20.8. The van der Waals surface area contributed by atoms with Crippen molar-refractivity contribution in [2.45, 2.75) is 49.4 Å². The topological polar surface area (TPSA) is 89.5 Å². The van der Waals surface area contributed by atoms with Crippen molar-refractivity contribution in [2.75, 3.05) is 5.75 Å². The summed E-state index contributed by atoms with van der Waals surface area (Å²) < 4.78 is 0.914. The van der Waals surface area contributed by atoms with E-state index < -0.39 is 22.8 Å². The molecule has 2 heterocycles. The molecule has 0 spiro atoms. The number of fused-ring (bicyclic) bond motifs is 1. The van der Waals surface area contributed by atoms with E-state index in [0.717, 1.165) is 35.7 Å². The molecule has 0 bridgehead atoms. The number of β-lactam (4-membered cyclic amide) rings is 1. The van der Waals surface area contributed by atoms with Gasteiger partial charge in [-0.05, 0) is 43.0 Å². The number of nitrogens with zero attached hydrogens (tertiary/aromatic N) is 1. The molecule has 0 radical (unpaired) electrons. The Balaban J connectivity index is 0.00000240. The molecule has 2 atom stereocenters. The summed E-state index contributed by atoms with van der Waals surface area (Å²) in [5.41, 5.74) is 0.859. The van der Waals surface area contributed by atoms with Crippen LogP contribution < -0.4 is 40.0 Å². The van der Waals surface area contributed by atoms with Crippen LogP contribution in [0.15, 0.2) is 40.0 Å². The molecule has 0 aromatic heterocycles. The number of aliphatic carboxylic acids is 1. The number of halogens is 1. The second-order valence-corrected chi connectivity index (χ2v) is 9.60. The van der Waals surface area contributed by atoms with Gasteiger partial charge in [-0.3, -0.25) is 14.5 Å². The van der Waals surface area contributed by atoms with Crippen LogP contribution >= 0.6 is 27.7 Å². The standard InChI is InChI=1S/C20H21BrN2O4S.Na/c1-11-10-28-17-14(16(24)23(17)15(11)18(25)26)22-19(27)20(7-2-3-8-20)12-5-4-6-13(21)9-12;/h4-6,9,14,17H,2-3,7-8,10H2,1H3,(H,22,27)(H,25,26);/q;+1/p-1/t14-,17+;/m0./s1. The minimum absolute atomic E-state index is 0. The van der Waals surface area contributed by atoms with E-state index in [4.69, 9.17) is 0 Å². The van der Waals surface area contributed by atoms with Gasteiger partial charge in [-0.25, -0.2) is 0 Å². The van der Waals surface area contributed by atoms with Crippen molar-refractivity contribution in [3.05, 3.63) is 45.6 Å². The number of carbonyl (C=O) groups excluding carboxylic acids is 3. The fourth-order valence-electron chi connectivity index (χ4n) is 4.45. The van der Waals surface area contributed by atoms with Crippen molar-refractivity contribution in [3.8, 4) is 0 Å². The van der Waals surface area contributed by atoms with E-state index in [1.807, 2.05) is 24.3 Å². The first-order chi connectivity index (χ1) is 13.3. The number of carbonyl (C=O) groups is 3. The van der Waals surface area contributed by atoms with Crippen LogP contribution in [0.25, 0.3) is 0 Å². The Morgan fingerprint density at radius 3 is 2.62 bits per heavy atom. The SMILES string of the molecule is CC1=C(C(=O)[O-])N2C(=O)[C@H](NC(=O)C3(c4cccc(Br)c4)CCCC3)[C@H]2SC1.[Na+]. The zero-order valence-electron chi connectivity index (χ0n) is 16.4. The molecule has 1 saturated heterocycles. The van der Waals surface area contributed by atoms with Crippen molar-refractivity contribution >= 4 is 45.5 Å². The smallest absolute Gasteiger partial charge is 0.543 e. The summed E-state index contributed by atoms with van der Waals surface area (Å²) in [5.74, 6) is -1.38. The van der Waals surface area contributed by atoms with Crippen molar-refractivity contribution in [1.29, 1.82) is 0 Å². The number of carboxylic acids is 1. The van der Waals surface area contributed by atoms with Gasteiger partial charge >= 0.3 is 29.6 Å². The van der Waals surface area contributed by atoms with Crippen LogP contribution in [-0.2, 0) is 19.8 Å². The van der Waals surface area contributed by atoms with Crippen LogP contribution in [0, 0.1) is 0 Å². The third-order valence-electron chi connectivity index (χ3n) is 5.91. The molecule has 1 saturated carbocycles. The maximum absolute atomic E-state index is 13.3. The molecular formula is C20H20BrN2NaO4S. The first-order valence-electron chi connectivity index (χ1n) is 9.28. The summed E-state index contributed by atoms with van der Waals surface area (Å²) in [4.78, 5) is 38.7. The third kappa shape index (κ3) is 3.82. The van der Waals surface area contributed by atoms with Gasteiger partial charge in [0.25, 0.3) is 5.91 Å². The van der Waals surface area contributed by atoms with Crippen molar-refractivity contribution in [2.24, 2.45) is 0 Å². The summed E-state index contributed by atoms with van der Waals surface area (Å²) in [6.07, 6.45) is 3.39. The van der Waals surface area contributed by atoms with E-state index in [1.54, 1.807) is 6.92 Å². The van der Waals surface area contributed by atoms with Gasteiger partial charge in [-0.2, -0.15) is 0 Å². The number of amides is 2. The van der Waals surface area contributed by atoms with Gasteiger partial charge in [0.2, 0.25) is 5.91 Å². The van der Waals surface area contributed by atoms with E-state index in [-0.39, 0.29) is 47.1 Å². The molecule has 1 aliphatic carbocycles. The molecule has 2 aliphatic heterocycles. The maximum Gasteiger partial charge on any atom is 1.00 e. The van der Waals surface area contributed by atoms with Gasteiger partial charge in [0, 0.05) is 10.2 Å². The Morgan fingerprint density at radius 2 is 2.00 bits per heavy atom. The van der Waals surface area contributed by atoms with Gasteiger partial charge < -0.3 is 15.2 Å². The van der Waals surface area contributed by atoms with Crippen LogP contribution in [0.5, 0.6) is 0 Å². The van der Waals surface area contributed by atoms with Gasteiger partial charge in [-0.1, -0.05) is 40.9 Å². The molecule has 3 aliphatic rings. The average Bonchev–Trinajstić information content (AvgIpc) is 3.16. The maximum atomic E-state index is 13.3. The number of carboxylic acid groups (broad SMARTS) is 1. The Morgan fingerprint density at radius 1 is 1.31 bits per heavy atom. The fourth-order valence-corrected chi connectivity index (χ4v) is 6.15. The molecule has 2 fully saturated rings. The van der Waals surface area contributed by atoms with E-state index >= 15 is 0 Å². The monoisotopic (exact) mass is 486 g/mol. The first kappa shape index (κ1) is 22.9. The van der Waals surface area contributed by atoms with E-state index in [2.05, 4.69) is 21.2 Å². The Kier molecular flexibility index (Phi) is 6.90. The molecule has 29 heavy (non-hydrogen) atoms. The first-order valence-corrected chi connectivity index (χ1v) is 11.1.